The number of nitrogens with one attached hydrogen (secondary N) is 1. The molecule has 1 saturated heterocycles. The normalized spacial score (nSPS) is 18.8. The maximum absolute atomic E-state index is 12.6. The summed E-state index contributed by atoms with van der Waals surface area (Å²) in [5.74, 6) is 0. The number of nitrogens with zero attached hydrogens (tertiary/aromatic N) is 3. The molecule has 0 saturated carbocycles. The second kappa shape index (κ2) is 7.96. The molecule has 26 heavy (non-hydrogen) atoms. The Morgan fingerprint density at radius 2 is 1.96 bits per heavy atom. The number of rotatable bonds is 5. The fraction of sp³-hybridized carbons (Fsp3) is 0.526. The van der Waals surface area contributed by atoms with E-state index in [4.69, 9.17) is 16.3 Å². The van der Waals surface area contributed by atoms with Crippen molar-refractivity contribution < 1.29 is 4.74 Å². The first-order valence-corrected chi connectivity index (χ1v) is 9.64. The average Bonchev–Trinajstić information content (AvgIpc) is 2.96. The van der Waals surface area contributed by atoms with E-state index in [0.29, 0.717) is 6.54 Å². The molecular weight excluding hydrogens is 352 g/mol. The molecule has 1 aromatic carbocycles. The number of morpholine rings is 1. The largest absolute Gasteiger partial charge is 0.379 e. The second-order valence-electron chi connectivity index (χ2n) is 7.07. The van der Waals surface area contributed by atoms with Gasteiger partial charge >= 0.3 is 0 Å². The van der Waals surface area contributed by atoms with E-state index in [9.17, 15) is 4.79 Å². The van der Waals surface area contributed by atoms with Crippen LogP contribution in [0.15, 0.2) is 29.1 Å². The summed E-state index contributed by atoms with van der Waals surface area (Å²) in [5, 5.41) is 4.11. The molecule has 140 valence electrons. The molecule has 0 radical (unpaired) electrons. The highest BCUT2D eigenvalue weighted by Crippen LogP contribution is 2.18. The molecule has 0 atom stereocenters. The maximum atomic E-state index is 12.6. The lowest BCUT2D eigenvalue weighted by atomic mass is 10.1. The van der Waals surface area contributed by atoms with Crippen LogP contribution in [0.3, 0.4) is 0 Å². The molecule has 0 spiro atoms. The van der Waals surface area contributed by atoms with Crippen LogP contribution in [-0.4, -0.2) is 59.0 Å². The Bertz CT molecular complexity index is 810. The number of hydrogen-bond donors (Lipinski definition) is 1. The highest BCUT2D eigenvalue weighted by molar-refractivity contribution is 6.30. The van der Waals surface area contributed by atoms with E-state index in [-0.39, 0.29) is 5.56 Å². The molecular formula is C19H25ClN4O2. The van der Waals surface area contributed by atoms with Gasteiger partial charge in [0.2, 0.25) is 0 Å². The third-order valence-electron chi connectivity index (χ3n) is 5.24. The van der Waals surface area contributed by atoms with Crippen molar-refractivity contribution >= 4 is 11.6 Å². The van der Waals surface area contributed by atoms with Gasteiger partial charge in [0.25, 0.3) is 5.56 Å². The lowest BCUT2D eigenvalue weighted by molar-refractivity contribution is 0.0358. The predicted octanol–water partition coefficient (Wildman–Crippen LogP) is 1.72. The molecule has 2 aliphatic rings. The Hall–Kier alpha value is -1.60. The summed E-state index contributed by atoms with van der Waals surface area (Å²) in [6.07, 6.45) is 0.801. The second-order valence-corrected chi connectivity index (χ2v) is 7.51. The molecule has 2 aliphatic heterocycles. The van der Waals surface area contributed by atoms with Crippen molar-refractivity contribution in [3.63, 3.8) is 0 Å². The number of fused-ring (bicyclic) bond motifs is 1. The molecule has 4 rings (SSSR count). The minimum Gasteiger partial charge on any atom is -0.379 e. The van der Waals surface area contributed by atoms with Gasteiger partial charge in [-0.25, -0.2) is 0 Å². The smallest absolute Gasteiger partial charge is 0.270 e. The Morgan fingerprint density at radius 1 is 1.12 bits per heavy atom. The van der Waals surface area contributed by atoms with Crippen LogP contribution in [0.25, 0.3) is 0 Å². The first-order chi connectivity index (χ1) is 12.7. The topological polar surface area (TPSA) is 53.5 Å². The molecule has 6 nitrogen and oxygen atoms in total. The molecule has 0 unspecified atom stereocenters. The molecule has 2 aromatic rings. The molecule has 1 N–H and O–H groups in total. The fourth-order valence-corrected chi connectivity index (χ4v) is 4.00. The van der Waals surface area contributed by atoms with Crippen LogP contribution in [0.1, 0.15) is 16.8 Å². The van der Waals surface area contributed by atoms with Crippen molar-refractivity contribution in [2.75, 3.05) is 39.4 Å². The maximum Gasteiger partial charge on any atom is 0.270 e. The predicted molar refractivity (Wildman–Crippen MR) is 102 cm³/mol. The molecule has 0 bridgehead atoms. The van der Waals surface area contributed by atoms with Crippen molar-refractivity contribution in [1.82, 2.24) is 19.6 Å². The van der Waals surface area contributed by atoms with Crippen LogP contribution < -0.4 is 5.56 Å². The van der Waals surface area contributed by atoms with Crippen molar-refractivity contribution in [1.29, 1.82) is 0 Å². The van der Waals surface area contributed by atoms with Crippen LogP contribution in [-0.2, 0) is 30.8 Å². The van der Waals surface area contributed by atoms with E-state index in [0.717, 1.165) is 75.2 Å². The third kappa shape index (κ3) is 4.04. The van der Waals surface area contributed by atoms with Crippen LogP contribution in [0.4, 0.5) is 0 Å². The summed E-state index contributed by atoms with van der Waals surface area (Å²) >= 11 is 6.09. The van der Waals surface area contributed by atoms with Gasteiger partial charge in [-0.2, -0.15) is 0 Å². The monoisotopic (exact) mass is 376 g/mol. The van der Waals surface area contributed by atoms with E-state index in [1.54, 1.807) is 4.68 Å². The van der Waals surface area contributed by atoms with Gasteiger partial charge < -0.3 is 4.74 Å². The van der Waals surface area contributed by atoms with Crippen molar-refractivity contribution in [3.8, 4) is 0 Å². The van der Waals surface area contributed by atoms with E-state index < -0.39 is 0 Å². The van der Waals surface area contributed by atoms with Gasteiger partial charge in [-0.05, 0) is 24.1 Å². The summed E-state index contributed by atoms with van der Waals surface area (Å²) in [6, 6.07) is 7.98. The van der Waals surface area contributed by atoms with Crippen LogP contribution in [0, 0.1) is 0 Å². The number of aromatic nitrogens is 2. The van der Waals surface area contributed by atoms with Crippen LogP contribution >= 0.6 is 11.6 Å². The van der Waals surface area contributed by atoms with Crippen LogP contribution in [0.2, 0.25) is 5.02 Å². The number of H-pyrrole nitrogens is 1. The summed E-state index contributed by atoms with van der Waals surface area (Å²) in [5.41, 5.74) is 3.37. The number of benzene rings is 1. The average molecular weight is 377 g/mol. The Morgan fingerprint density at radius 3 is 2.77 bits per heavy atom. The molecule has 7 heteroatoms. The lowest BCUT2D eigenvalue weighted by Crippen LogP contribution is -2.39. The fourth-order valence-electron chi connectivity index (χ4n) is 3.79. The van der Waals surface area contributed by atoms with Crippen molar-refractivity contribution in [2.24, 2.45) is 0 Å². The summed E-state index contributed by atoms with van der Waals surface area (Å²) in [4.78, 5) is 17.4. The zero-order chi connectivity index (χ0) is 17.9. The van der Waals surface area contributed by atoms with Crippen molar-refractivity contribution in [2.45, 2.75) is 26.1 Å². The number of ether oxygens (including phenoxy) is 1. The standard InChI is InChI=1S/C19H25ClN4O2/c20-16-3-1-2-15(12-16)13-23-5-4-17-18(14-23)21-24(19(17)25)7-6-22-8-10-26-11-9-22/h1-3,12,21H,4-11,13-14H2. The third-order valence-corrected chi connectivity index (χ3v) is 5.47. The minimum atomic E-state index is 0.149. The van der Waals surface area contributed by atoms with E-state index in [1.807, 2.05) is 18.2 Å². The molecule has 1 aromatic heterocycles. The number of aromatic amines is 1. The van der Waals surface area contributed by atoms with Gasteiger partial charge in [-0.1, -0.05) is 23.7 Å². The highest BCUT2D eigenvalue weighted by atomic mass is 35.5. The van der Waals surface area contributed by atoms with Gasteiger partial charge in [0.15, 0.2) is 0 Å². The SMILES string of the molecule is O=c1c2c([nH]n1CCN1CCOCC1)CN(Cc1cccc(Cl)c1)CC2. The Kier molecular flexibility index (Phi) is 5.45. The molecule has 0 aliphatic carbocycles. The van der Waals surface area contributed by atoms with Gasteiger partial charge in [-0.15, -0.1) is 0 Å². The van der Waals surface area contributed by atoms with Crippen LogP contribution in [0.5, 0.6) is 0 Å². The molecule has 0 amide bonds. The quantitative estimate of drug-likeness (QED) is 0.863. The molecule has 1 fully saturated rings. The van der Waals surface area contributed by atoms with Crippen molar-refractivity contribution in [3.05, 3.63) is 56.5 Å². The zero-order valence-electron chi connectivity index (χ0n) is 14.9. The number of halogens is 1. The van der Waals surface area contributed by atoms with Gasteiger partial charge in [0, 0.05) is 49.9 Å². The lowest BCUT2D eigenvalue weighted by Gasteiger charge is -2.26. The van der Waals surface area contributed by atoms with E-state index >= 15 is 0 Å². The van der Waals surface area contributed by atoms with Gasteiger partial charge in [-0.3, -0.25) is 24.4 Å². The first kappa shape index (κ1) is 17.8. The molecule has 3 heterocycles. The summed E-state index contributed by atoms with van der Waals surface area (Å²) in [7, 11) is 0. The minimum absolute atomic E-state index is 0.149. The Labute approximate surface area is 158 Å². The van der Waals surface area contributed by atoms with E-state index in [1.165, 1.54) is 5.56 Å². The Balaban J connectivity index is 1.40. The number of hydrogen-bond acceptors (Lipinski definition) is 4. The highest BCUT2D eigenvalue weighted by Gasteiger charge is 2.23. The van der Waals surface area contributed by atoms with E-state index in [2.05, 4.69) is 21.0 Å². The first-order valence-electron chi connectivity index (χ1n) is 9.26. The van der Waals surface area contributed by atoms with Gasteiger partial charge in [0.05, 0.1) is 25.5 Å². The van der Waals surface area contributed by atoms with Gasteiger partial charge in [0.1, 0.15) is 0 Å². The zero-order valence-corrected chi connectivity index (χ0v) is 15.7. The summed E-state index contributed by atoms with van der Waals surface area (Å²) < 4.78 is 7.16. The summed E-state index contributed by atoms with van der Waals surface area (Å²) in [6.45, 7) is 7.59.